The molecule has 0 unspecified atom stereocenters. The molecule has 2 aliphatic rings. The summed E-state index contributed by atoms with van der Waals surface area (Å²) in [7, 11) is 0. The van der Waals surface area contributed by atoms with Gasteiger partial charge < -0.3 is 0 Å². The van der Waals surface area contributed by atoms with E-state index in [0.29, 0.717) is 18.3 Å². The second-order valence-electron chi connectivity index (χ2n) is 11.4. The van der Waals surface area contributed by atoms with Gasteiger partial charge in [0.05, 0.1) is 0 Å². The Morgan fingerprint density at radius 2 is 1.26 bits per heavy atom. The van der Waals surface area contributed by atoms with Gasteiger partial charge in [-0.05, 0) is 116 Å². The van der Waals surface area contributed by atoms with Crippen LogP contribution in [0.1, 0.15) is 131 Å². The largest absolute Gasteiger partial charge is 0.207 e. The van der Waals surface area contributed by atoms with Crippen LogP contribution >= 0.6 is 0 Å². The first-order valence-electron chi connectivity index (χ1n) is 14.1. The van der Waals surface area contributed by atoms with Gasteiger partial charge in [-0.1, -0.05) is 64.3 Å². The lowest BCUT2D eigenvalue weighted by molar-refractivity contribution is 0.307. The fourth-order valence-electron chi connectivity index (χ4n) is 6.79. The van der Waals surface area contributed by atoms with Gasteiger partial charge in [-0.15, -0.1) is 0 Å². The van der Waals surface area contributed by atoms with E-state index in [1.54, 1.807) is 12.1 Å². The van der Waals surface area contributed by atoms with Crippen molar-refractivity contribution in [1.29, 1.82) is 0 Å². The maximum absolute atomic E-state index is 15.1. The summed E-state index contributed by atoms with van der Waals surface area (Å²) in [5.41, 5.74) is 3.71. The Labute approximate surface area is 206 Å². The molecular weight excluding hydrogens is 422 g/mol. The number of hydrogen-bond acceptors (Lipinski definition) is 0. The molecule has 0 nitrogen and oxygen atoms in total. The average Bonchev–Trinajstić information content (AvgIpc) is 2.85. The van der Waals surface area contributed by atoms with Gasteiger partial charge in [0.1, 0.15) is 11.6 Å². The van der Waals surface area contributed by atoms with E-state index in [2.05, 4.69) is 38.1 Å². The molecule has 0 spiro atoms. The predicted molar refractivity (Wildman–Crippen MR) is 140 cm³/mol. The molecule has 0 aromatic heterocycles. The van der Waals surface area contributed by atoms with Crippen molar-refractivity contribution in [2.45, 2.75) is 116 Å². The first-order chi connectivity index (χ1) is 16.5. The lowest BCUT2D eigenvalue weighted by Crippen LogP contribution is -2.14. The van der Waals surface area contributed by atoms with Crippen LogP contribution in [0.3, 0.4) is 0 Å². The van der Waals surface area contributed by atoms with Crippen molar-refractivity contribution in [3.8, 4) is 0 Å². The number of halogens is 2. The van der Waals surface area contributed by atoms with Crippen molar-refractivity contribution in [1.82, 2.24) is 0 Å². The monoisotopic (exact) mass is 466 g/mol. The van der Waals surface area contributed by atoms with Crippen molar-refractivity contribution in [3.05, 3.63) is 70.3 Å². The first-order valence-corrected chi connectivity index (χ1v) is 14.1. The molecule has 2 fully saturated rings. The van der Waals surface area contributed by atoms with Gasteiger partial charge in [-0.25, -0.2) is 8.78 Å². The van der Waals surface area contributed by atoms with Crippen molar-refractivity contribution < 1.29 is 8.78 Å². The van der Waals surface area contributed by atoms with Crippen LogP contribution in [0.2, 0.25) is 0 Å². The van der Waals surface area contributed by atoms with E-state index in [1.165, 1.54) is 63.4 Å². The highest BCUT2D eigenvalue weighted by Gasteiger charge is 2.25. The highest BCUT2D eigenvalue weighted by Crippen LogP contribution is 2.40. The smallest absolute Gasteiger partial charge is 0.129 e. The van der Waals surface area contributed by atoms with E-state index in [0.717, 1.165) is 35.8 Å². The molecule has 0 saturated heterocycles. The van der Waals surface area contributed by atoms with E-state index in [-0.39, 0.29) is 23.1 Å². The summed E-state index contributed by atoms with van der Waals surface area (Å²) in [6, 6.07) is 12.1. The quantitative estimate of drug-likeness (QED) is 0.363. The maximum Gasteiger partial charge on any atom is 0.129 e. The molecule has 0 N–H and O–H groups in total. The van der Waals surface area contributed by atoms with Gasteiger partial charge >= 0.3 is 0 Å². The Kier molecular flexibility index (Phi) is 8.83. The molecule has 2 heteroatoms. The van der Waals surface area contributed by atoms with Crippen molar-refractivity contribution in [3.63, 3.8) is 0 Å². The molecule has 0 radical (unpaired) electrons. The molecule has 34 heavy (non-hydrogen) atoms. The fraction of sp³-hybridized carbons (Fsp3) is 0.625. The summed E-state index contributed by atoms with van der Waals surface area (Å²) in [6.07, 6.45) is 14.2. The average molecular weight is 467 g/mol. The molecule has 0 heterocycles. The van der Waals surface area contributed by atoms with Gasteiger partial charge in [0.25, 0.3) is 0 Å². The first kappa shape index (κ1) is 25.4. The van der Waals surface area contributed by atoms with Crippen molar-refractivity contribution >= 4 is 0 Å². The van der Waals surface area contributed by atoms with Crippen LogP contribution < -0.4 is 0 Å². The molecule has 4 rings (SSSR count). The molecule has 2 aromatic carbocycles. The van der Waals surface area contributed by atoms with Gasteiger partial charge in [-0.2, -0.15) is 0 Å². The van der Waals surface area contributed by atoms with Gasteiger partial charge in [-0.3, -0.25) is 0 Å². The summed E-state index contributed by atoms with van der Waals surface area (Å²) in [4.78, 5) is 0. The lowest BCUT2D eigenvalue weighted by atomic mass is 9.77. The fourth-order valence-corrected chi connectivity index (χ4v) is 6.79. The number of rotatable bonds is 8. The topological polar surface area (TPSA) is 0 Å². The van der Waals surface area contributed by atoms with Crippen LogP contribution in [0.5, 0.6) is 0 Å². The lowest BCUT2D eigenvalue weighted by Gasteiger charge is -2.29. The van der Waals surface area contributed by atoms with Crippen LogP contribution in [0.25, 0.3) is 0 Å². The molecule has 1 atom stereocenters. The second-order valence-corrected chi connectivity index (χ2v) is 11.4. The Morgan fingerprint density at radius 1 is 0.735 bits per heavy atom. The van der Waals surface area contributed by atoms with Crippen molar-refractivity contribution in [2.75, 3.05) is 0 Å². The normalized spacial score (nSPS) is 26.4. The third-order valence-electron chi connectivity index (χ3n) is 9.03. The Hall–Kier alpha value is -1.70. The van der Waals surface area contributed by atoms with Gasteiger partial charge in [0.15, 0.2) is 0 Å². The molecule has 2 aliphatic carbocycles. The predicted octanol–water partition coefficient (Wildman–Crippen LogP) is 10.1. The van der Waals surface area contributed by atoms with Crippen LogP contribution in [0.4, 0.5) is 8.78 Å². The third-order valence-corrected chi connectivity index (χ3v) is 9.03. The van der Waals surface area contributed by atoms with Crippen LogP contribution in [-0.2, 0) is 6.42 Å². The van der Waals surface area contributed by atoms with Gasteiger partial charge in [0, 0.05) is 5.56 Å². The summed E-state index contributed by atoms with van der Waals surface area (Å²) >= 11 is 0. The SMILES string of the molecule is CCCC1CCC(c2cc(F)c([C@H](C)Cc3ccc(C4CCC(CC)CC4)cc3)c(F)c2)CC1. The minimum atomic E-state index is -0.359. The summed E-state index contributed by atoms with van der Waals surface area (Å²) in [6.45, 7) is 6.50. The molecule has 186 valence electrons. The molecule has 0 aliphatic heterocycles. The van der Waals surface area contributed by atoms with E-state index >= 15 is 8.78 Å². The minimum absolute atomic E-state index is 0.180. The van der Waals surface area contributed by atoms with E-state index < -0.39 is 0 Å². The zero-order chi connectivity index (χ0) is 24.1. The highest BCUT2D eigenvalue weighted by atomic mass is 19.1. The zero-order valence-electron chi connectivity index (χ0n) is 21.6. The Bertz CT molecular complexity index is 876. The third kappa shape index (κ3) is 6.10. The molecule has 2 saturated carbocycles. The maximum atomic E-state index is 15.1. The van der Waals surface area contributed by atoms with E-state index in [1.807, 2.05) is 6.92 Å². The van der Waals surface area contributed by atoms with E-state index in [4.69, 9.17) is 0 Å². The standard InChI is InChI=1S/C32H44F2/c1-4-6-24-9-15-28(16-10-24)29-20-30(33)32(31(34)21-29)22(3)19-25-11-17-27(18-12-25)26-13-7-23(5-2)8-14-26/h11-12,17-18,20-24,26,28H,4-10,13-16,19H2,1-3H3/t22-,23?,24?,26?,28?/m1/s1. The second kappa shape index (κ2) is 11.8. The zero-order valence-corrected chi connectivity index (χ0v) is 21.6. The van der Waals surface area contributed by atoms with E-state index in [9.17, 15) is 0 Å². The molecule has 0 bridgehead atoms. The van der Waals surface area contributed by atoms with Crippen molar-refractivity contribution in [2.24, 2.45) is 11.8 Å². The molecule has 2 aromatic rings. The van der Waals surface area contributed by atoms with Gasteiger partial charge in [0.2, 0.25) is 0 Å². The van der Waals surface area contributed by atoms with Crippen LogP contribution in [0.15, 0.2) is 36.4 Å². The molecule has 0 amide bonds. The highest BCUT2D eigenvalue weighted by molar-refractivity contribution is 5.33. The Morgan fingerprint density at radius 3 is 1.79 bits per heavy atom. The molecular formula is C32H44F2. The van der Waals surface area contributed by atoms with Crippen LogP contribution in [-0.4, -0.2) is 0 Å². The Balaban J connectivity index is 1.38. The summed E-state index contributed by atoms with van der Waals surface area (Å²) in [5.74, 6) is 1.79. The number of hydrogen-bond donors (Lipinski definition) is 0. The summed E-state index contributed by atoms with van der Waals surface area (Å²) < 4.78 is 30.3. The minimum Gasteiger partial charge on any atom is -0.207 e. The number of benzene rings is 2. The summed E-state index contributed by atoms with van der Waals surface area (Å²) in [5, 5.41) is 0. The van der Waals surface area contributed by atoms with Crippen LogP contribution in [0, 0.1) is 23.5 Å².